The molecule has 0 aliphatic carbocycles. The second kappa shape index (κ2) is 3.73. The van der Waals surface area contributed by atoms with E-state index < -0.39 is 0 Å². The zero-order chi connectivity index (χ0) is 10.8. The van der Waals surface area contributed by atoms with Gasteiger partial charge in [0.15, 0.2) is 0 Å². The predicted octanol–water partition coefficient (Wildman–Crippen LogP) is 1.60. The molecule has 1 heterocycles. The number of halogens is 1. The average Bonchev–Trinajstić information content (AvgIpc) is 2.59. The molecule has 0 saturated heterocycles. The molecule has 4 heteroatoms. The van der Waals surface area contributed by atoms with Crippen LogP contribution in [-0.2, 0) is 11.2 Å². The van der Waals surface area contributed by atoms with Crippen LogP contribution in [0.25, 0.3) is 10.9 Å². The van der Waals surface area contributed by atoms with Crippen molar-refractivity contribution in [2.45, 2.75) is 6.42 Å². The number of carbonyl (C=O) groups is 1. The number of fused-ring (bicyclic) bond motifs is 1. The van der Waals surface area contributed by atoms with Crippen molar-refractivity contribution in [2.24, 2.45) is 0 Å². The first-order chi connectivity index (χ1) is 7.19. The van der Waals surface area contributed by atoms with E-state index in [1.807, 2.05) is 0 Å². The summed E-state index contributed by atoms with van der Waals surface area (Å²) in [6.45, 7) is 0. The van der Waals surface area contributed by atoms with Gasteiger partial charge in [-0.05, 0) is 24.3 Å². The fourth-order valence-corrected chi connectivity index (χ4v) is 1.52. The van der Waals surface area contributed by atoms with Gasteiger partial charge in [0.1, 0.15) is 5.82 Å². The van der Waals surface area contributed by atoms with Gasteiger partial charge in [0, 0.05) is 23.6 Å². The summed E-state index contributed by atoms with van der Waals surface area (Å²) < 4.78 is 12.9. The van der Waals surface area contributed by atoms with E-state index in [1.54, 1.807) is 19.2 Å². The summed E-state index contributed by atoms with van der Waals surface area (Å²) in [7, 11) is 1.59. The Labute approximate surface area is 86.3 Å². The van der Waals surface area contributed by atoms with E-state index in [9.17, 15) is 9.18 Å². The molecule has 0 saturated carbocycles. The zero-order valence-corrected chi connectivity index (χ0v) is 8.30. The van der Waals surface area contributed by atoms with Crippen molar-refractivity contribution in [1.29, 1.82) is 0 Å². The van der Waals surface area contributed by atoms with Crippen LogP contribution in [0.1, 0.15) is 5.69 Å². The first kappa shape index (κ1) is 9.71. The molecule has 1 amide bonds. The highest BCUT2D eigenvalue weighted by atomic mass is 19.1. The minimum atomic E-state index is -0.270. The van der Waals surface area contributed by atoms with Gasteiger partial charge in [0.05, 0.1) is 6.42 Å². The summed E-state index contributed by atoms with van der Waals surface area (Å²) in [6, 6.07) is 6.29. The van der Waals surface area contributed by atoms with Crippen molar-refractivity contribution < 1.29 is 9.18 Å². The average molecular weight is 206 g/mol. The molecular formula is C11H11FN2O. The fraction of sp³-hybridized carbons (Fsp3) is 0.182. The molecule has 78 valence electrons. The van der Waals surface area contributed by atoms with Crippen LogP contribution >= 0.6 is 0 Å². The molecule has 1 aromatic carbocycles. The van der Waals surface area contributed by atoms with Crippen molar-refractivity contribution >= 4 is 16.8 Å². The van der Waals surface area contributed by atoms with Gasteiger partial charge in [-0.2, -0.15) is 0 Å². The summed E-state index contributed by atoms with van der Waals surface area (Å²) in [4.78, 5) is 14.2. The lowest BCUT2D eigenvalue weighted by atomic mass is 10.2. The van der Waals surface area contributed by atoms with Crippen LogP contribution in [0.5, 0.6) is 0 Å². The second-order valence-corrected chi connectivity index (χ2v) is 3.38. The first-order valence-electron chi connectivity index (χ1n) is 4.67. The monoisotopic (exact) mass is 206 g/mol. The maximum Gasteiger partial charge on any atom is 0.225 e. The van der Waals surface area contributed by atoms with Crippen LogP contribution < -0.4 is 5.32 Å². The van der Waals surface area contributed by atoms with E-state index in [4.69, 9.17) is 0 Å². The predicted molar refractivity (Wildman–Crippen MR) is 56.0 cm³/mol. The van der Waals surface area contributed by atoms with Crippen molar-refractivity contribution in [3.8, 4) is 0 Å². The molecule has 1 aromatic heterocycles. The number of aromatic amines is 1. The lowest BCUT2D eigenvalue weighted by molar-refractivity contribution is -0.120. The van der Waals surface area contributed by atoms with Crippen molar-refractivity contribution in [3.63, 3.8) is 0 Å². The Kier molecular flexibility index (Phi) is 2.41. The molecule has 0 fully saturated rings. The molecule has 0 spiro atoms. The Morgan fingerprint density at radius 2 is 2.27 bits per heavy atom. The van der Waals surface area contributed by atoms with Crippen LogP contribution in [0, 0.1) is 5.82 Å². The Morgan fingerprint density at radius 1 is 1.47 bits per heavy atom. The molecule has 3 nitrogen and oxygen atoms in total. The minimum absolute atomic E-state index is 0.0676. The number of rotatable bonds is 2. The first-order valence-corrected chi connectivity index (χ1v) is 4.67. The van der Waals surface area contributed by atoms with Crippen molar-refractivity contribution in [3.05, 3.63) is 35.8 Å². The lowest BCUT2D eigenvalue weighted by Crippen LogP contribution is -2.19. The van der Waals surface area contributed by atoms with Gasteiger partial charge in [0.2, 0.25) is 5.91 Å². The number of amides is 1. The molecular weight excluding hydrogens is 195 g/mol. The Morgan fingerprint density at radius 3 is 3.00 bits per heavy atom. The number of benzene rings is 1. The third kappa shape index (κ3) is 1.98. The van der Waals surface area contributed by atoms with Crippen LogP contribution in [0.2, 0.25) is 0 Å². The molecule has 0 bridgehead atoms. The Hall–Kier alpha value is -1.84. The van der Waals surface area contributed by atoms with E-state index in [1.165, 1.54) is 12.1 Å². The van der Waals surface area contributed by atoms with E-state index in [0.717, 1.165) is 16.6 Å². The molecule has 15 heavy (non-hydrogen) atoms. The summed E-state index contributed by atoms with van der Waals surface area (Å²) in [5.41, 5.74) is 1.63. The highest BCUT2D eigenvalue weighted by Gasteiger charge is 2.05. The van der Waals surface area contributed by atoms with Crippen molar-refractivity contribution in [2.75, 3.05) is 7.05 Å². The summed E-state index contributed by atoms with van der Waals surface area (Å²) >= 11 is 0. The lowest BCUT2D eigenvalue weighted by Gasteiger charge is -1.95. The normalized spacial score (nSPS) is 10.5. The topological polar surface area (TPSA) is 44.9 Å². The van der Waals surface area contributed by atoms with Gasteiger partial charge in [-0.1, -0.05) is 0 Å². The van der Waals surface area contributed by atoms with Gasteiger partial charge in [0.25, 0.3) is 0 Å². The van der Waals surface area contributed by atoms with Crippen LogP contribution in [0.3, 0.4) is 0 Å². The maximum atomic E-state index is 12.9. The smallest absolute Gasteiger partial charge is 0.225 e. The second-order valence-electron chi connectivity index (χ2n) is 3.38. The SMILES string of the molecule is CNC(=O)Cc1cc2cc(F)ccc2[nH]1. The van der Waals surface area contributed by atoms with Gasteiger partial charge in [-0.25, -0.2) is 4.39 Å². The number of likely N-dealkylation sites (N-methyl/N-ethyl adjacent to an activating group) is 1. The summed E-state index contributed by atoms with van der Waals surface area (Å²) in [5, 5.41) is 3.32. The summed E-state index contributed by atoms with van der Waals surface area (Å²) in [5.74, 6) is -0.338. The Balaban J connectivity index is 2.34. The van der Waals surface area contributed by atoms with E-state index in [0.29, 0.717) is 0 Å². The third-order valence-electron chi connectivity index (χ3n) is 2.27. The highest BCUT2D eigenvalue weighted by molar-refractivity contribution is 5.83. The summed E-state index contributed by atoms with van der Waals surface area (Å²) in [6.07, 6.45) is 0.285. The fourth-order valence-electron chi connectivity index (χ4n) is 1.52. The van der Waals surface area contributed by atoms with Crippen molar-refractivity contribution in [1.82, 2.24) is 10.3 Å². The maximum absolute atomic E-state index is 12.9. The molecule has 2 aromatic rings. The number of hydrogen-bond acceptors (Lipinski definition) is 1. The molecule has 0 aliphatic rings. The number of carbonyl (C=O) groups excluding carboxylic acids is 1. The molecule has 0 aliphatic heterocycles. The van der Waals surface area contributed by atoms with Crippen LogP contribution in [0.4, 0.5) is 4.39 Å². The number of aromatic nitrogens is 1. The number of nitrogens with one attached hydrogen (secondary N) is 2. The molecule has 2 rings (SSSR count). The minimum Gasteiger partial charge on any atom is -0.359 e. The third-order valence-corrected chi connectivity index (χ3v) is 2.27. The standard InChI is InChI=1S/C11H11FN2O/c1-13-11(15)6-9-5-7-4-8(12)2-3-10(7)14-9/h2-5,14H,6H2,1H3,(H,13,15). The zero-order valence-electron chi connectivity index (χ0n) is 8.30. The van der Waals surface area contributed by atoms with Gasteiger partial charge < -0.3 is 10.3 Å². The molecule has 2 N–H and O–H groups in total. The number of H-pyrrole nitrogens is 1. The van der Waals surface area contributed by atoms with E-state index in [-0.39, 0.29) is 18.1 Å². The highest BCUT2D eigenvalue weighted by Crippen LogP contribution is 2.16. The quantitative estimate of drug-likeness (QED) is 0.770. The number of hydrogen-bond donors (Lipinski definition) is 2. The van der Waals surface area contributed by atoms with Crippen LogP contribution in [-0.4, -0.2) is 17.9 Å². The largest absolute Gasteiger partial charge is 0.359 e. The van der Waals surface area contributed by atoms with Gasteiger partial charge in [-0.3, -0.25) is 4.79 Å². The molecule has 0 radical (unpaired) electrons. The van der Waals surface area contributed by atoms with Gasteiger partial charge in [-0.15, -0.1) is 0 Å². The van der Waals surface area contributed by atoms with Crippen LogP contribution in [0.15, 0.2) is 24.3 Å². The van der Waals surface area contributed by atoms with Gasteiger partial charge >= 0.3 is 0 Å². The Bertz CT molecular complexity index is 504. The van der Waals surface area contributed by atoms with E-state index in [2.05, 4.69) is 10.3 Å². The molecule has 0 atom stereocenters. The molecule has 0 unspecified atom stereocenters. The van der Waals surface area contributed by atoms with E-state index >= 15 is 0 Å².